The molecule has 0 spiro atoms. The summed E-state index contributed by atoms with van der Waals surface area (Å²) in [5, 5.41) is 7.60. The van der Waals surface area contributed by atoms with E-state index < -0.39 is 0 Å². The number of nitrogens with two attached hydrogens (primary N) is 1. The lowest BCUT2D eigenvalue weighted by atomic mass is 10.3. The molecular formula is C11H13FN4O. The minimum absolute atomic E-state index is 0.211. The van der Waals surface area contributed by atoms with Gasteiger partial charge in [0.1, 0.15) is 5.82 Å². The molecule has 1 unspecified atom stereocenters. The summed E-state index contributed by atoms with van der Waals surface area (Å²) in [5.74, 6) is -0.0289. The zero-order valence-electron chi connectivity index (χ0n) is 9.59. The topological polar surface area (TPSA) is 68.2 Å². The van der Waals surface area contributed by atoms with Gasteiger partial charge in [0.2, 0.25) is 5.89 Å². The van der Waals surface area contributed by atoms with Gasteiger partial charge in [-0.1, -0.05) is 17.2 Å². The first kappa shape index (κ1) is 11.5. The summed E-state index contributed by atoms with van der Waals surface area (Å²) in [6.45, 7) is 1.74. The highest BCUT2D eigenvalue weighted by Crippen LogP contribution is 2.25. The van der Waals surface area contributed by atoms with E-state index in [-0.39, 0.29) is 17.9 Å². The smallest absolute Gasteiger partial charge is 0.322 e. The van der Waals surface area contributed by atoms with Crippen molar-refractivity contribution in [2.24, 2.45) is 5.73 Å². The fourth-order valence-corrected chi connectivity index (χ4v) is 1.37. The normalized spacial score (nSPS) is 12.5. The number of halogens is 1. The third-order valence-corrected chi connectivity index (χ3v) is 2.32. The number of nitrogens with zero attached hydrogens (tertiary/aromatic N) is 3. The van der Waals surface area contributed by atoms with Gasteiger partial charge in [-0.2, -0.15) is 0 Å². The Bertz CT molecular complexity index is 512. The Balaban J connectivity index is 2.31. The lowest BCUT2D eigenvalue weighted by molar-refractivity contribution is 0.466. The predicted octanol–water partition coefficient (Wildman–Crippen LogP) is 2.00. The lowest BCUT2D eigenvalue weighted by Crippen LogP contribution is -2.11. The van der Waals surface area contributed by atoms with Crippen molar-refractivity contribution in [2.45, 2.75) is 13.0 Å². The molecule has 90 valence electrons. The van der Waals surface area contributed by atoms with Gasteiger partial charge in [-0.15, -0.1) is 5.10 Å². The molecule has 1 aromatic carbocycles. The molecule has 0 radical (unpaired) electrons. The van der Waals surface area contributed by atoms with Gasteiger partial charge in [0.05, 0.1) is 11.7 Å². The molecule has 0 aliphatic carbocycles. The molecule has 6 heteroatoms. The van der Waals surface area contributed by atoms with Gasteiger partial charge < -0.3 is 10.2 Å². The highest BCUT2D eigenvalue weighted by atomic mass is 19.1. The van der Waals surface area contributed by atoms with Gasteiger partial charge in [0, 0.05) is 7.05 Å². The summed E-state index contributed by atoms with van der Waals surface area (Å²) in [6, 6.07) is 6.22. The average molecular weight is 236 g/mol. The number of rotatable bonds is 3. The van der Waals surface area contributed by atoms with E-state index in [9.17, 15) is 4.39 Å². The number of aromatic nitrogens is 2. The summed E-state index contributed by atoms with van der Waals surface area (Å²) >= 11 is 0. The van der Waals surface area contributed by atoms with Crippen LogP contribution in [0.2, 0.25) is 0 Å². The van der Waals surface area contributed by atoms with Gasteiger partial charge in [-0.25, -0.2) is 4.39 Å². The lowest BCUT2D eigenvalue weighted by Gasteiger charge is -2.14. The molecule has 17 heavy (non-hydrogen) atoms. The molecule has 0 aliphatic heterocycles. The summed E-state index contributed by atoms with van der Waals surface area (Å²) in [4.78, 5) is 1.48. The van der Waals surface area contributed by atoms with Crippen LogP contribution in [0.25, 0.3) is 0 Å². The highest BCUT2D eigenvalue weighted by Gasteiger charge is 2.16. The van der Waals surface area contributed by atoms with E-state index in [1.54, 1.807) is 32.2 Å². The molecule has 0 saturated carbocycles. The zero-order valence-corrected chi connectivity index (χ0v) is 9.59. The quantitative estimate of drug-likeness (QED) is 0.882. The van der Waals surface area contributed by atoms with Crippen molar-refractivity contribution in [1.29, 1.82) is 0 Å². The molecule has 0 aliphatic rings. The first-order valence-electron chi connectivity index (χ1n) is 5.17. The van der Waals surface area contributed by atoms with Crippen LogP contribution in [0.15, 0.2) is 28.7 Å². The van der Waals surface area contributed by atoms with Gasteiger partial charge in [-0.05, 0) is 19.1 Å². The van der Waals surface area contributed by atoms with Crippen molar-refractivity contribution in [2.75, 3.05) is 11.9 Å². The van der Waals surface area contributed by atoms with Crippen molar-refractivity contribution in [1.82, 2.24) is 10.2 Å². The van der Waals surface area contributed by atoms with Crippen LogP contribution in [0.5, 0.6) is 0 Å². The van der Waals surface area contributed by atoms with Crippen LogP contribution in [-0.2, 0) is 0 Å². The average Bonchev–Trinajstić information content (AvgIpc) is 2.78. The molecule has 1 heterocycles. The molecule has 5 nitrogen and oxygen atoms in total. The van der Waals surface area contributed by atoms with Crippen LogP contribution < -0.4 is 10.6 Å². The number of para-hydroxylation sites is 1. The third-order valence-electron chi connectivity index (χ3n) is 2.32. The van der Waals surface area contributed by atoms with Crippen molar-refractivity contribution in [3.05, 3.63) is 36.0 Å². The predicted molar refractivity (Wildman–Crippen MR) is 61.4 cm³/mol. The van der Waals surface area contributed by atoms with Crippen LogP contribution >= 0.6 is 0 Å². The number of hydrogen-bond donors (Lipinski definition) is 1. The monoisotopic (exact) mass is 236 g/mol. The fourth-order valence-electron chi connectivity index (χ4n) is 1.37. The van der Waals surface area contributed by atoms with Crippen LogP contribution in [0.3, 0.4) is 0 Å². The third kappa shape index (κ3) is 2.26. The Kier molecular flexibility index (Phi) is 3.06. The van der Waals surface area contributed by atoms with E-state index in [0.29, 0.717) is 11.6 Å². The second-order valence-electron chi connectivity index (χ2n) is 3.72. The summed E-state index contributed by atoms with van der Waals surface area (Å²) in [7, 11) is 1.65. The van der Waals surface area contributed by atoms with Gasteiger partial charge in [0.25, 0.3) is 0 Å². The molecular weight excluding hydrogens is 223 g/mol. The molecule has 0 saturated heterocycles. The SMILES string of the molecule is CC(N)c1nnc(N(C)c2ccccc2F)o1. The van der Waals surface area contributed by atoms with Gasteiger partial charge in [0.15, 0.2) is 0 Å². The summed E-state index contributed by atoms with van der Waals surface area (Å²) in [6.07, 6.45) is 0. The maximum absolute atomic E-state index is 13.5. The van der Waals surface area contributed by atoms with Crippen molar-refractivity contribution < 1.29 is 8.81 Å². The molecule has 1 atom stereocenters. The summed E-state index contributed by atoms with van der Waals surface area (Å²) in [5.41, 5.74) is 5.97. The van der Waals surface area contributed by atoms with Crippen molar-refractivity contribution in [3.63, 3.8) is 0 Å². The van der Waals surface area contributed by atoms with E-state index >= 15 is 0 Å². The van der Waals surface area contributed by atoms with Gasteiger partial charge in [-0.3, -0.25) is 4.90 Å². The Morgan fingerprint density at radius 3 is 2.65 bits per heavy atom. The first-order valence-corrected chi connectivity index (χ1v) is 5.17. The fraction of sp³-hybridized carbons (Fsp3) is 0.273. The minimum atomic E-state index is -0.351. The van der Waals surface area contributed by atoms with Crippen LogP contribution in [0.4, 0.5) is 16.1 Å². The molecule has 2 aromatic rings. The minimum Gasteiger partial charge on any atom is -0.406 e. The van der Waals surface area contributed by atoms with E-state index in [1.807, 2.05) is 0 Å². The molecule has 2 rings (SSSR count). The highest BCUT2D eigenvalue weighted by molar-refractivity contribution is 5.55. The van der Waals surface area contributed by atoms with Crippen molar-refractivity contribution >= 4 is 11.7 Å². The molecule has 0 amide bonds. The number of anilines is 2. The maximum Gasteiger partial charge on any atom is 0.322 e. The largest absolute Gasteiger partial charge is 0.406 e. The summed E-state index contributed by atoms with van der Waals surface area (Å²) < 4.78 is 18.9. The van der Waals surface area contributed by atoms with E-state index in [1.165, 1.54) is 11.0 Å². The number of benzene rings is 1. The Hall–Kier alpha value is -1.95. The van der Waals surface area contributed by atoms with E-state index in [0.717, 1.165) is 0 Å². The molecule has 1 aromatic heterocycles. The van der Waals surface area contributed by atoms with Crippen LogP contribution in [0, 0.1) is 5.82 Å². The second kappa shape index (κ2) is 4.50. The standard InChI is InChI=1S/C11H13FN4O/c1-7(13)10-14-15-11(17-10)16(2)9-6-4-3-5-8(9)12/h3-7H,13H2,1-2H3. The molecule has 0 fully saturated rings. The van der Waals surface area contributed by atoms with Crippen LogP contribution in [0.1, 0.15) is 18.9 Å². The molecule has 2 N–H and O–H groups in total. The maximum atomic E-state index is 13.5. The second-order valence-corrected chi connectivity index (χ2v) is 3.72. The van der Waals surface area contributed by atoms with E-state index in [4.69, 9.17) is 10.2 Å². The Morgan fingerprint density at radius 1 is 1.35 bits per heavy atom. The first-order chi connectivity index (χ1) is 8.09. The van der Waals surface area contributed by atoms with Gasteiger partial charge >= 0.3 is 6.01 Å². The zero-order chi connectivity index (χ0) is 12.4. The Labute approximate surface area is 98.1 Å². The Morgan fingerprint density at radius 2 is 2.06 bits per heavy atom. The van der Waals surface area contributed by atoms with Crippen LogP contribution in [-0.4, -0.2) is 17.2 Å². The van der Waals surface area contributed by atoms with Crippen molar-refractivity contribution in [3.8, 4) is 0 Å². The number of hydrogen-bond acceptors (Lipinski definition) is 5. The van der Waals surface area contributed by atoms with E-state index in [2.05, 4.69) is 10.2 Å². The molecule has 0 bridgehead atoms.